The van der Waals surface area contributed by atoms with Crippen LogP contribution in [0.25, 0.3) is 0 Å². The van der Waals surface area contributed by atoms with Gasteiger partial charge in [0.15, 0.2) is 9.84 Å². The van der Waals surface area contributed by atoms with Gasteiger partial charge in [-0.15, -0.1) is 0 Å². The van der Waals surface area contributed by atoms with Crippen LogP contribution in [0.1, 0.15) is 13.3 Å². The Kier molecular flexibility index (Phi) is 7.71. The average molecular weight is 425 g/mol. The van der Waals surface area contributed by atoms with Crippen LogP contribution in [0, 0.1) is 0 Å². The lowest BCUT2D eigenvalue weighted by Gasteiger charge is -2.15. The molecule has 27 heavy (non-hydrogen) atoms. The first kappa shape index (κ1) is 22.8. The molecule has 0 aromatic heterocycles. The van der Waals surface area contributed by atoms with Gasteiger partial charge in [-0.1, -0.05) is 0 Å². The molecular weight excluding hydrogens is 406 g/mol. The van der Waals surface area contributed by atoms with Gasteiger partial charge in [0, 0.05) is 12.1 Å². The van der Waals surface area contributed by atoms with Gasteiger partial charge in [-0.05, 0) is 6.92 Å². The van der Waals surface area contributed by atoms with Gasteiger partial charge in [-0.25, -0.2) is 12.6 Å². The highest BCUT2D eigenvalue weighted by molar-refractivity contribution is 7.91. The van der Waals surface area contributed by atoms with Crippen LogP contribution in [0.2, 0.25) is 0 Å². The SMILES string of the molecule is COc1cc(S(=O)(=O)CCOS(=O)(=O)O)c(OC)cc1NC(=O)CC(C)=O. The highest BCUT2D eigenvalue weighted by Crippen LogP contribution is 2.36. The molecule has 1 rings (SSSR count). The van der Waals surface area contributed by atoms with Crippen LogP contribution in [0.3, 0.4) is 0 Å². The number of methoxy groups -OCH3 is 2. The summed E-state index contributed by atoms with van der Waals surface area (Å²) in [6.45, 7) is 0.422. The van der Waals surface area contributed by atoms with Crippen molar-refractivity contribution >= 4 is 37.6 Å². The summed E-state index contributed by atoms with van der Waals surface area (Å²) in [5.41, 5.74) is 0.0775. The third-order valence-electron chi connectivity index (χ3n) is 3.09. The van der Waals surface area contributed by atoms with Gasteiger partial charge in [0.2, 0.25) is 5.91 Å². The van der Waals surface area contributed by atoms with E-state index in [0.717, 1.165) is 6.07 Å². The van der Waals surface area contributed by atoms with Crippen molar-refractivity contribution in [3.05, 3.63) is 12.1 Å². The number of amides is 1. The van der Waals surface area contributed by atoms with Crippen LogP contribution in [-0.2, 0) is 34.0 Å². The van der Waals surface area contributed by atoms with Crippen molar-refractivity contribution in [3.8, 4) is 11.5 Å². The molecule has 1 amide bonds. The van der Waals surface area contributed by atoms with Crippen molar-refractivity contribution in [2.75, 3.05) is 31.9 Å². The number of Topliss-reactive ketones (excluding diaryl/α,β-unsaturated/α-hetero) is 1. The molecule has 1 aromatic carbocycles. The normalized spacial score (nSPS) is 11.7. The minimum Gasteiger partial charge on any atom is -0.495 e. The van der Waals surface area contributed by atoms with Crippen molar-refractivity contribution in [3.63, 3.8) is 0 Å². The summed E-state index contributed by atoms with van der Waals surface area (Å²) in [6, 6.07) is 2.26. The predicted octanol–water partition coefficient (Wildman–Crippen LogP) is 0.214. The van der Waals surface area contributed by atoms with Crippen molar-refractivity contribution in [1.29, 1.82) is 0 Å². The van der Waals surface area contributed by atoms with Gasteiger partial charge < -0.3 is 14.8 Å². The van der Waals surface area contributed by atoms with Gasteiger partial charge in [0.25, 0.3) is 0 Å². The van der Waals surface area contributed by atoms with Gasteiger partial charge in [0.1, 0.15) is 22.2 Å². The number of hydrogen-bond acceptors (Lipinski definition) is 9. The number of ketones is 1. The molecule has 2 N–H and O–H groups in total. The van der Waals surface area contributed by atoms with E-state index in [0.29, 0.717) is 0 Å². The van der Waals surface area contributed by atoms with Gasteiger partial charge in [0.05, 0.1) is 38.7 Å². The van der Waals surface area contributed by atoms with Crippen molar-refractivity contribution < 1.29 is 44.6 Å². The molecule has 11 nitrogen and oxygen atoms in total. The zero-order valence-electron chi connectivity index (χ0n) is 14.7. The zero-order valence-corrected chi connectivity index (χ0v) is 16.3. The number of ether oxygens (including phenoxy) is 2. The second kappa shape index (κ2) is 9.12. The molecule has 0 aliphatic carbocycles. The zero-order chi connectivity index (χ0) is 20.8. The van der Waals surface area contributed by atoms with Gasteiger partial charge in [-0.3, -0.25) is 14.1 Å². The molecule has 0 aliphatic heterocycles. The second-order valence-corrected chi connectivity index (χ2v) is 8.37. The third kappa shape index (κ3) is 7.13. The number of carbonyl (C=O) groups excluding carboxylic acids is 2. The van der Waals surface area contributed by atoms with Crippen LogP contribution in [0.5, 0.6) is 11.5 Å². The first-order chi connectivity index (χ1) is 12.4. The molecular formula is C14H19NO10S2. The maximum absolute atomic E-state index is 12.4. The van der Waals surface area contributed by atoms with E-state index in [1.54, 1.807) is 0 Å². The average Bonchev–Trinajstić information content (AvgIpc) is 2.51. The van der Waals surface area contributed by atoms with Crippen molar-refractivity contribution in [2.24, 2.45) is 0 Å². The number of benzene rings is 1. The highest BCUT2D eigenvalue weighted by Gasteiger charge is 2.24. The Labute approximate surface area is 156 Å². The fraction of sp³-hybridized carbons (Fsp3) is 0.429. The Bertz CT molecular complexity index is 921. The number of sulfone groups is 1. The summed E-state index contributed by atoms with van der Waals surface area (Å²) < 4.78 is 68.5. The maximum atomic E-state index is 12.4. The largest absolute Gasteiger partial charge is 0.495 e. The van der Waals surface area contributed by atoms with E-state index in [9.17, 15) is 26.4 Å². The van der Waals surface area contributed by atoms with Crippen LogP contribution < -0.4 is 14.8 Å². The number of carbonyl (C=O) groups is 2. The lowest BCUT2D eigenvalue weighted by atomic mass is 10.2. The predicted molar refractivity (Wildman–Crippen MR) is 93.0 cm³/mol. The summed E-state index contributed by atoms with van der Waals surface area (Å²) >= 11 is 0. The van der Waals surface area contributed by atoms with E-state index < -0.39 is 38.5 Å². The van der Waals surface area contributed by atoms with E-state index in [1.165, 1.54) is 27.2 Å². The lowest BCUT2D eigenvalue weighted by molar-refractivity contribution is -0.124. The summed E-state index contributed by atoms with van der Waals surface area (Å²) in [6.07, 6.45) is -0.376. The molecule has 1 aromatic rings. The fourth-order valence-corrected chi connectivity index (χ4v) is 3.65. The van der Waals surface area contributed by atoms with Crippen LogP contribution in [-0.4, -0.2) is 59.7 Å². The Morgan fingerprint density at radius 1 is 1.07 bits per heavy atom. The maximum Gasteiger partial charge on any atom is 0.397 e. The molecule has 0 saturated heterocycles. The minimum atomic E-state index is -4.78. The van der Waals surface area contributed by atoms with E-state index in [2.05, 4.69) is 9.50 Å². The lowest BCUT2D eigenvalue weighted by Crippen LogP contribution is -2.18. The van der Waals surface area contributed by atoms with E-state index in [1.807, 2.05) is 0 Å². The van der Waals surface area contributed by atoms with Crippen molar-refractivity contribution in [1.82, 2.24) is 0 Å². The highest BCUT2D eigenvalue weighted by atomic mass is 32.3. The molecule has 13 heteroatoms. The molecule has 0 saturated carbocycles. The first-order valence-corrected chi connectivity index (χ1v) is 10.3. The molecule has 0 spiro atoms. The Balaban J connectivity index is 3.21. The minimum absolute atomic E-state index is 0.0259. The fourth-order valence-electron chi connectivity index (χ4n) is 1.99. The Morgan fingerprint density at radius 3 is 2.15 bits per heavy atom. The monoisotopic (exact) mass is 425 g/mol. The number of nitrogens with one attached hydrogen (secondary N) is 1. The molecule has 0 fully saturated rings. The van der Waals surface area contributed by atoms with Crippen LogP contribution in [0.4, 0.5) is 5.69 Å². The standard InChI is InChI=1S/C14H19NO10S2/c1-9(16)6-14(17)15-10-7-12(24-3)13(8-11(10)23-2)26(18,19)5-4-25-27(20,21)22/h7-8H,4-6H2,1-3H3,(H,15,17)(H,20,21,22). The molecule has 0 bridgehead atoms. The van der Waals surface area contributed by atoms with E-state index in [4.69, 9.17) is 14.0 Å². The van der Waals surface area contributed by atoms with Gasteiger partial charge >= 0.3 is 10.4 Å². The van der Waals surface area contributed by atoms with Crippen LogP contribution >= 0.6 is 0 Å². The van der Waals surface area contributed by atoms with Gasteiger partial charge in [-0.2, -0.15) is 8.42 Å². The van der Waals surface area contributed by atoms with Crippen molar-refractivity contribution in [2.45, 2.75) is 18.2 Å². The van der Waals surface area contributed by atoms with E-state index in [-0.39, 0.29) is 34.3 Å². The summed E-state index contributed by atoms with van der Waals surface area (Å²) in [5.74, 6) is -1.94. The summed E-state index contributed by atoms with van der Waals surface area (Å²) in [4.78, 5) is 22.4. The van der Waals surface area contributed by atoms with Crippen LogP contribution in [0.15, 0.2) is 17.0 Å². The molecule has 0 aliphatic rings. The Hall–Kier alpha value is -2.22. The quantitative estimate of drug-likeness (QED) is 0.391. The molecule has 0 unspecified atom stereocenters. The topological polar surface area (TPSA) is 162 Å². The molecule has 152 valence electrons. The summed E-state index contributed by atoms with van der Waals surface area (Å²) in [5, 5.41) is 2.41. The molecule has 0 radical (unpaired) electrons. The number of anilines is 1. The third-order valence-corrected chi connectivity index (χ3v) is 5.25. The van der Waals surface area contributed by atoms with E-state index >= 15 is 0 Å². The Morgan fingerprint density at radius 2 is 1.67 bits per heavy atom. The summed E-state index contributed by atoms with van der Waals surface area (Å²) in [7, 11) is -6.45. The molecule has 0 heterocycles. The smallest absolute Gasteiger partial charge is 0.397 e. The number of hydrogen-bond donors (Lipinski definition) is 2. The second-order valence-electron chi connectivity index (χ2n) is 5.20. The molecule has 0 atom stereocenters. The number of rotatable bonds is 10. The first-order valence-electron chi connectivity index (χ1n) is 7.29.